The first-order chi connectivity index (χ1) is 19.6. The normalized spacial score (nSPS) is 11.1. The zero-order chi connectivity index (χ0) is 27.6. The molecule has 0 unspecified atom stereocenters. The zero-order valence-corrected chi connectivity index (χ0v) is 23.2. The van der Waals surface area contributed by atoms with Crippen molar-refractivity contribution in [2.24, 2.45) is 0 Å². The molecule has 0 aliphatic heterocycles. The molecular formula is C31H23ClN4O3S. The number of pyridine rings is 1. The molecule has 40 heavy (non-hydrogen) atoms. The fourth-order valence-corrected chi connectivity index (χ4v) is 5.79. The molecule has 0 aliphatic carbocycles. The van der Waals surface area contributed by atoms with Crippen molar-refractivity contribution in [2.75, 3.05) is 14.2 Å². The smallest absolute Gasteiger partial charge is 0.263 e. The molecule has 9 heteroatoms. The van der Waals surface area contributed by atoms with Crippen molar-refractivity contribution in [1.29, 1.82) is 0 Å². The number of H-pyrrole nitrogens is 1. The lowest BCUT2D eigenvalue weighted by molar-refractivity contribution is 0.394. The van der Waals surface area contributed by atoms with E-state index in [-0.39, 0.29) is 5.56 Å². The monoisotopic (exact) mass is 566 g/mol. The summed E-state index contributed by atoms with van der Waals surface area (Å²) in [5, 5.41) is 11.1. The van der Waals surface area contributed by atoms with Crippen LogP contribution in [0.2, 0.25) is 5.02 Å². The molecule has 198 valence electrons. The van der Waals surface area contributed by atoms with Crippen LogP contribution in [0.4, 0.5) is 0 Å². The molecule has 6 aromatic rings. The Morgan fingerprint density at radius 3 is 2.15 bits per heavy atom. The summed E-state index contributed by atoms with van der Waals surface area (Å²) in [7, 11) is 3.20. The highest BCUT2D eigenvalue weighted by Gasteiger charge is 2.23. The number of ether oxygens (including phenoxy) is 2. The minimum Gasteiger partial charge on any atom is -0.497 e. The fourth-order valence-electron chi connectivity index (χ4n) is 4.60. The molecule has 6 rings (SSSR count). The van der Waals surface area contributed by atoms with Gasteiger partial charge in [0.1, 0.15) is 11.5 Å². The van der Waals surface area contributed by atoms with Crippen molar-refractivity contribution in [3.63, 3.8) is 0 Å². The number of para-hydroxylation sites is 1. The molecule has 0 saturated carbocycles. The summed E-state index contributed by atoms with van der Waals surface area (Å²) in [6.07, 6.45) is 0. The third-order valence-electron chi connectivity index (χ3n) is 6.45. The minimum atomic E-state index is -0.231. The first-order valence-electron chi connectivity index (χ1n) is 12.4. The molecule has 0 saturated heterocycles. The predicted molar refractivity (Wildman–Crippen MR) is 159 cm³/mol. The van der Waals surface area contributed by atoms with Crippen LogP contribution >= 0.6 is 23.4 Å². The average Bonchev–Trinajstić information content (AvgIpc) is 3.42. The summed E-state index contributed by atoms with van der Waals surface area (Å²) in [5.41, 5.74) is 3.73. The van der Waals surface area contributed by atoms with Crippen LogP contribution in [0.1, 0.15) is 0 Å². The number of nitrogens with one attached hydrogen (secondary N) is 1. The van der Waals surface area contributed by atoms with Gasteiger partial charge in [0.05, 0.1) is 19.1 Å². The number of hydrogen-bond acceptors (Lipinski definition) is 6. The van der Waals surface area contributed by atoms with Crippen molar-refractivity contribution in [2.45, 2.75) is 10.1 Å². The molecule has 1 N–H and O–H groups in total. The lowest BCUT2D eigenvalue weighted by Crippen LogP contribution is -2.11. The molecule has 2 heterocycles. The average molecular weight is 567 g/mol. The van der Waals surface area contributed by atoms with Crippen LogP contribution in [0.5, 0.6) is 11.5 Å². The topological polar surface area (TPSA) is 82.0 Å². The van der Waals surface area contributed by atoms with Crippen molar-refractivity contribution in [3.05, 3.63) is 112 Å². The van der Waals surface area contributed by atoms with Gasteiger partial charge >= 0.3 is 0 Å². The third kappa shape index (κ3) is 4.83. The Kier molecular flexibility index (Phi) is 7.02. The Bertz CT molecular complexity index is 1870. The molecule has 0 spiro atoms. The van der Waals surface area contributed by atoms with E-state index in [0.717, 1.165) is 27.8 Å². The second-order valence-electron chi connectivity index (χ2n) is 8.89. The highest BCUT2D eigenvalue weighted by atomic mass is 35.5. The van der Waals surface area contributed by atoms with Gasteiger partial charge in [-0.3, -0.25) is 9.36 Å². The predicted octanol–water partition coefficient (Wildman–Crippen LogP) is 7.26. The van der Waals surface area contributed by atoms with Crippen molar-refractivity contribution >= 4 is 34.3 Å². The van der Waals surface area contributed by atoms with E-state index in [1.54, 1.807) is 26.4 Å². The summed E-state index contributed by atoms with van der Waals surface area (Å²) in [5.74, 6) is 1.83. The van der Waals surface area contributed by atoms with E-state index in [9.17, 15) is 4.79 Å². The second-order valence-corrected chi connectivity index (χ2v) is 10.3. The molecule has 7 nitrogen and oxygen atoms in total. The fraction of sp³-hybridized carbons (Fsp3) is 0.0645. The van der Waals surface area contributed by atoms with E-state index in [1.807, 2.05) is 89.5 Å². The maximum Gasteiger partial charge on any atom is 0.263 e. The standard InChI is InChI=1S/C31H23ClN4O3S/c1-38-23-15-20(16-24(18-23)39-2)29-34-35-31(36(29)22-11-7-4-8-12-22)40-28-27(19-9-5-3-6-10-19)25-17-21(32)13-14-26(25)33-30(28)37/h3-18H,1-2H3,(H,33,37). The van der Waals surface area contributed by atoms with Crippen molar-refractivity contribution < 1.29 is 9.47 Å². The molecule has 0 aliphatic rings. The Balaban J connectivity index is 1.59. The summed E-state index contributed by atoms with van der Waals surface area (Å²) in [4.78, 5) is 17.1. The first-order valence-corrected chi connectivity index (χ1v) is 13.6. The SMILES string of the molecule is COc1cc(OC)cc(-c2nnc(Sc3c(-c4ccccc4)c4cc(Cl)ccc4[nH]c3=O)n2-c2ccccc2)c1. The van der Waals surface area contributed by atoms with E-state index in [2.05, 4.69) is 15.2 Å². The largest absolute Gasteiger partial charge is 0.497 e. The highest BCUT2D eigenvalue weighted by Crippen LogP contribution is 2.40. The molecule has 0 amide bonds. The molecule has 0 bridgehead atoms. The maximum absolute atomic E-state index is 13.6. The van der Waals surface area contributed by atoms with Gasteiger partial charge in [-0.2, -0.15) is 0 Å². The number of benzene rings is 4. The number of methoxy groups -OCH3 is 2. The molecule has 0 radical (unpaired) electrons. The van der Waals surface area contributed by atoms with Gasteiger partial charge in [0.25, 0.3) is 5.56 Å². The first kappa shape index (κ1) is 25.7. The maximum atomic E-state index is 13.6. The lowest BCUT2D eigenvalue weighted by Gasteiger charge is -2.15. The van der Waals surface area contributed by atoms with Crippen LogP contribution in [-0.4, -0.2) is 34.0 Å². The Hall–Kier alpha value is -4.53. The van der Waals surface area contributed by atoms with E-state index >= 15 is 0 Å². The van der Waals surface area contributed by atoms with Gasteiger partial charge in [-0.1, -0.05) is 60.1 Å². The van der Waals surface area contributed by atoms with Gasteiger partial charge in [0, 0.05) is 38.8 Å². The van der Waals surface area contributed by atoms with Crippen LogP contribution in [0, 0.1) is 0 Å². The summed E-state index contributed by atoms with van der Waals surface area (Å²) in [6.45, 7) is 0. The van der Waals surface area contributed by atoms with Gasteiger partial charge in [-0.25, -0.2) is 0 Å². The molecule has 0 fully saturated rings. The van der Waals surface area contributed by atoms with E-state index in [1.165, 1.54) is 11.8 Å². The molecule has 2 aromatic heterocycles. The van der Waals surface area contributed by atoms with Crippen LogP contribution in [0.3, 0.4) is 0 Å². The van der Waals surface area contributed by atoms with Crippen LogP contribution < -0.4 is 15.0 Å². The van der Waals surface area contributed by atoms with E-state index in [0.29, 0.717) is 37.9 Å². The number of rotatable bonds is 7. The number of aromatic nitrogens is 4. The number of fused-ring (bicyclic) bond motifs is 1. The van der Waals surface area contributed by atoms with Crippen molar-refractivity contribution in [1.82, 2.24) is 19.7 Å². The van der Waals surface area contributed by atoms with Crippen LogP contribution in [-0.2, 0) is 0 Å². The Labute approximate surface area is 239 Å². The number of aromatic amines is 1. The number of hydrogen-bond donors (Lipinski definition) is 1. The van der Waals surface area contributed by atoms with Crippen LogP contribution in [0.25, 0.3) is 39.1 Å². The van der Waals surface area contributed by atoms with Crippen molar-refractivity contribution in [3.8, 4) is 39.7 Å². The highest BCUT2D eigenvalue weighted by molar-refractivity contribution is 7.99. The quantitative estimate of drug-likeness (QED) is 0.219. The van der Waals surface area contributed by atoms with Gasteiger partial charge in [0.15, 0.2) is 5.82 Å². The van der Waals surface area contributed by atoms with E-state index < -0.39 is 0 Å². The summed E-state index contributed by atoms with van der Waals surface area (Å²) < 4.78 is 12.9. The Morgan fingerprint density at radius 1 is 0.800 bits per heavy atom. The molecule has 4 aromatic carbocycles. The zero-order valence-electron chi connectivity index (χ0n) is 21.6. The van der Waals surface area contributed by atoms with Gasteiger partial charge < -0.3 is 14.5 Å². The van der Waals surface area contributed by atoms with Gasteiger partial charge in [-0.15, -0.1) is 10.2 Å². The lowest BCUT2D eigenvalue weighted by atomic mass is 10.0. The number of halogens is 1. The molecular weight excluding hydrogens is 544 g/mol. The Morgan fingerprint density at radius 2 is 1.48 bits per heavy atom. The summed E-state index contributed by atoms with van der Waals surface area (Å²) >= 11 is 7.66. The molecule has 0 atom stereocenters. The minimum absolute atomic E-state index is 0.231. The van der Waals surface area contributed by atoms with E-state index in [4.69, 9.17) is 21.1 Å². The summed E-state index contributed by atoms with van der Waals surface area (Å²) in [6, 6.07) is 30.6. The van der Waals surface area contributed by atoms with Crippen LogP contribution in [0.15, 0.2) is 112 Å². The van der Waals surface area contributed by atoms with Gasteiger partial charge in [-0.05, 0) is 59.8 Å². The van der Waals surface area contributed by atoms with Gasteiger partial charge in [0.2, 0.25) is 5.16 Å². The second kappa shape index (κ2) is 10.9. The number of nitrogens with zero attached hydrogens (tertiary/aromatic N) is 3. The third-order valence-corrected chi connectivity index (χ3v) is 7.72.